The zero-order valence-electron chi connectivity index (χ0n) is 11.7. The average Bonchev–Trinajstić information content (AvgIpc) is 3.11. The molecular weight excluding hydrogens is 387 g/mol. The van der Waals surface area contributed by atoms with E-state index in [4.69, 9.17) is 5.26 Å². The SMILES string of the molecule is N#Cc1ccc2c(c1)CCC2Nc1ccc2n[nH]c(I)c2c1. The van der Waals surface area contributed by atoms with Crippen LogP contribution in [0.4, 0.5) is 5.69 Å². The number of aryl methyl sites for hydroxylation is 1. The average molecular weight is 400 g/mol. The minimum Gasteiger partial charge on any atom is -0.378 e. The predicted octanol–water partition coefficient (Wildman–Crippen LogP) is 4.14. The number of nitrogens with zero attached hydrogens (tertiary/aromatic N) is 2. The highest BCUT2D eigenvalue weighted by atomic mass is 127. The summed E-state index contributed by atoms with van der Waals surface area (Å²) in [4.78, 5) is 0. The van der Waals surface area contributed by atoms with E-state index in [1.165, 1.54) is 11.1 Å². The standard InChI is InChI=1S/C17H13IN4/c18-17-14-8-12(3-6-16(14)21-22-17)20-15-5-2-11-7-10(9-19)1-4-13(11)15/h1,3-4,6-8,15,20H,2,5H2,(H,21,22). The van der Waals surface area contributed by atoms with Crippen molar-refractivity contribution >= 4 is 39.2 Å². The molecule has 0 saturated heterocycles. The summed E-state index contributed by atoms with van der Waals surface area (Å²) in [5, 5.41) is 21.0. The molecule has 2 N–H and O–H groups in total. The second-order valence-electron chi connectivity index (χ2n) is 5.53. The number of anilines is 1. The molecule has 1 aromatic heterocycles. The van der Waals surface area contributed by atoms with E-state index in [2.05, 4.69) is 62.4 Å². The van der Waals surface area contributed by atoms with Crippen LogP contribution in [-0.4, -0.2) is 10.2 Å². The fourth-order valence-electron chi connectivity index (χ4n) is 3.11. The van der Waals surface area contributed by atoms with Crippen molar-refractivity contribution in [1.82, 2.24) is 10.2 Å². The molecule has 2 aromatic carbocycles. The highest BCUT2D eigenvalue weighted by molar-refractivity contribution is 14.1. The molecule has 0 fully saturated rings. The number of benzene rings is 2. The number of fused-ring (bicyclic) bond motifs is 2. The quantitative estimate of drug-likeness (QED) is 0.636. The summed E-state index contributed by atoms with van der Waals surface area (Å²) in [6, 6.07) is 14.8. The largest absolute Gasteiger partial charge is 0.378 e. The topological polar surface area (TPSA) is 64.5 Å². The van der Waals surface area contributed by atoms with Gasteiger partial charge in [-0.15, -0.1) is 0 Å². The van der Waals surface area contributed by atoms with Gasteiger partial charge in [-0.3, -0.25) is 5.10 Å². The third kappa shape index (κ3) is 2.24. The van der Waals surface area contributed by atoms with Crippen LogP contribution in [-0.2, 0) is 6.42 Å². The van der Waals surface area contributed by atoms with E-state index in [0.29, 0.717) is 6.04 Å². The Bertz CT molecular complexity index is 907. The smallest absolute Gasteiger partial charge is 0.104 e. The normalized spacial score (nSPS) is 16.5. The highest BCUT2D eigenvalue weighted by Gasteiger charge is 2.22. The first-order valence-corrected chi connectivity index (χ1v) is 8.25. The number of halogens is 1. The van der Waals surface area contributed by atoms with Crippen molar-refractivity contribution in [2.24, 2.45) is 0 Å². The number of nitriles is 1. The van der Waals surface area contributed by atoms with Crippen LogP contribution >= 0.6 is 22.6 Å². The molecule has 3 aromatic rings. The summed E-state index contributed by atoms with van der Waals surface area (Å²) in [5.74, 6) is 0. The van der Waals surface area contributed by atoms with Crippen molar-refractivity contribution in [1.29, 1.82) is 5.26 Å². The van der Waals surface area contributed by atoms with Crippen LogP contribution in [0, 0.1) is 15.0 Å². The van der Waals surface area contributed by atoms with Crippen LogP contribution in [0.3, 0.4) is 0 Å². The van der Waals surface area contributed by atoms with Crippen molar-refractivity contribution in [2.45, 2.75) is 18.9 Å². The molecule has 4 rings (SSSR count). The number of aromatic amines is 1. The lowest BCUT2D eigenvalue weighted by Gasteiger charge is -2.15. The van der Waals surface area contributed by atoms with Crippen LogP contribution in [0.25, 0.3) is 10.9 Å². The number of hydrogen-bond acceptors (Lipinski definition) is 3. The Balaban J connectivity index is 1.64. The van der Waals surface area contributed by atoms with Crippen molar-refractivity contribution in [3.05, 3.63) is 56.8 Å². The molecule has 5 heteroatoms. The number of rotatable bonds is 2. The van der Waals surface area contributed by atoms with Gasteiger partial charge in [0.05, 0.1) is 23.2 Å². The predicted molar refractivity (Wildman–Crippen MR) is 94.7 cm³/mol. The summed E-state index contributed by atoms with van der Waals surface area (Å²) < 4.78 is 1.06. The molecule has 0 radical (unpaired) electrons. The molecule has 1 unspecified atom stereocenters. The van der Waals surface area contributed by atoms with Crippen LogP contribution in [0.1, 0.15) is 29.2 Å². The van der Waals surface area contributed by atoms with Gasteiger partial charge in [-0.05, 0) is 76.9 Å². The molecule has 108 valence electrons. The summed E-state index contributed by atoms with van der Waals surface area (Å²) in [5.41, 5.74) is 5.43. The first-order chi connectivity index (χ1) is 10.7. The minimum absolute atomic E-state index is 0.310. The lowest BCUT2D eigenvalue weighted by molar-refractivity contribution is 0.762. The van der Waals surface area contributed by atoms with Gasteiger partial charge in [-0.2, -0.15) is 10.4 Å². The fraction of sp³-hybridized carbons (Fsp3) is 0.176. The van der Waals surface area contributed by atoms with E-state index in [1.54, 1.807) is 0 Å². The second-order valence-corrected chi connectivity index (χ2v) is 6.61. The number of hydrogen-bond donors (Lipinski definition) is 2. The first kappa shape index (κ1) is 13.6. The van der Waals surface area contributed by atoms with Crippen molar-refractivity contribution < 1.29 is 0 Å². The van der Waals surface area contributed by atoms with Gasteiger partial charge in [-0.25, -0.2) is 0 Å². The molecule has 22 heavy (non-hydrogen) atoms. The Morgan fingerprint density at radius 1 is 1.27 bits per heavy atom. The van der Waals surface area contributed by atoms with Gasteiger partial charge in [0.2, 0.25) is 0 Å². The van der Waals surface area contributed by atoms with Gasteiger partial charge in [0.25, 0.3) is 0 Å². The Labute approximate surface area is 141 Å². The van der Waals surface area contributed by atoms with Crippen molar-refractivity contribution in [2.75, 3.05) is 5.32 Å². The summed E-state index contributed by atoms with van der Waals surface area (Å²) in [7, 11) is 0. The maximum absolute atomic E-state index is 9.00. The molecule has 1 aliphatic carbocycles. The zero-order chi connectivity index (χ0) is 15.1. The van der Waals surface area contributed by atoms with Crippen molar-refractivity contribution in [3.63, 3.8) is 0 Å². The Morgan fingerprint density at radius 3 is 3.05 bits per heavy atom. The van der Waals surface area contributed by atoms with Crippen LogP contribution in [0.5, 0.6) is 0 Å². The molecule has 0 spiro atoms. The number of nitrogens with one attached hydrogen (secondary N) is 2. The van der Waals surface area contributed by atoms with Gasteiger partial charge >= 0.3 is 0 Å². The highest BCUT2D eigenvalue weighted by Crippen LogP contribution is 2.35. The molecule has 1 heterocycles. The van der Waals surface area contributed by atoms with E-state index in [0.717, 1.165) is 38.7 Å². The number of H-pyrrole nitrogens is 1. The Kier molecular flexibility index (Phi) is 3.26. The second kappa shape index (κ2) is 5.29. The first-order valence-electron chi connectivity index (χ1n) is 7.18. The molecule has 4 nitrogen and oxygen atoms in total. The van der Waals surface area contributed by atoms with Gasteiger partial charge in [0.15, 0.2) is 0 Å². The molecule has 0 amide bonds. The summed E-state index contributed by atoms with van der Waals surface area (Å²) >= 11 is 2.27. The van der Waals surface area contributed by atoms with Gasteiger partial charge in [0.1, 0.15) is 3.70 Å². The lowest BCUT2D eigenvalue weighted by atomic mass is 10.0. The lowest BCUT2D eigenvalue weighted by Crippen LogP contribution is -2.06. The summed E-state index contributed by atoms with van der Waals surface area (Å²) in [6.45, 7) is 0. The fourth-order valence-corrected chi connectivity index (χ4v) is 3.66. The third-order valence-corrected chi connectivity index (χ3v) is 5.02. The molecular formula is C17H13IN4. The van der Waals surface area contributed by atoms with E-state index < -0.39 is 0 Å². The van der Waals surface area contributed by atoms with Gasteiger partial charge < -0.3 is 5.32 Å². The zero-order valence-corrected chi connectivity index (χ0v) is 13.9. The Morgan fingerprint density at radius 2 is 2.18 bits per heavy atom. The van der Waals surface area contributed by atoms with Crippen LogP contribution < -0.4 is 5.32 Å². The molecule has 1 aliphatic rings. The third-order valence-electron chi connectivity index (χ3n) is 4.20. The van der Waals surface area contributed by atoms with E-state index in [-0.39, 0.29) is 0 Å². The maximum atomic E-state index is 9.00. The summed E-state index contributed by atoms with van der Waals surface area (Å²) in [6.07, 6.45) is 2.08. The van der Waals surface area contributed by atoms with Crippen LogP contribution in [0.2, 0.25) is 0 Å². The molecule has 1 atom stereocenters. The van der Waals surface area contributed by atoms with Crippen LogP contribution in [0.15, 0.2) is 36.4 Å². The van der Waals surface area contributed by atoms with Crippen molar-refractivity contribution in [3.8, 4) is 6.07 Å². The molecule has 0 aliphatic heterocycles. The van der Waals surface area contributed by atoms with E-state index >= 15 is 0 Å². The van der Waals surface area contributed by atoms with Gasteiger partial charge in [0, 0.05) is 11.1 Å². The van der Waals surface area contributed by atoms with E-state index in [1.807, 2.05) is 18.2 Å². The van der Waals surface area contributed by atoms with Gasteiger partial charge in [-0.1, -0.05) is 6.07 Å². The molecule has 0 bridgehead atoms. The number of aromatic nitrogens is 2. The van der Waals surface area contributed by atoms with E-state index in [9.17, 15) is 0 Å². The molecule has 0 saturated carbocycles. The minimum atomic E-state index is 0.310. The monoisotopic (exact) mass is 400 g/mol. The Hall–Kier alpha value is -2.07. The maximum Gasteiger partial charge on any atom is 0.104 e.